The highest BCUT2D eigenvalue weighted by atomic mass is 28.4. The van der Waals surface area contributed by atoms with Crippen LogP contribution in [0.15, 0.2) is 12.7 Å². The summed E-state index contributed by atoms with van der Waals surface area (Å²) in [6, 6.07) is 0. The number of nitrogen functional groups attached to an aromatic ring is 1. The first-order chi connectivity index (χ1) is 13.4. The fourth-order valence-electron chi connectivity index (χ4n) is 3.58. The van der Waals surface area contributed by atoms with Gasteiger partial charge in [0.2, 0.25) is 0 Å². The minimum Gasteiger partial charge on any atom is -0.414 e. The molecular formula is C19H31N5O4Si. The Morgan fingerprint density at radius 3 is 2.55 bits per heavy atom. The third kappa shape index (κ3) is 3.57. The highest BCUT2D eigenvalue weighted by Crippen LogP contribution is 2.45. The second-order valence-electron chi connectivity index (χ2n) is 9.78. The predicted octanol–water partition coefficient (Wildman–Crippen LogP) is 2.85. The number of ether oxygens (including phenoxy) is 3. The van der Waals surface area contributed by atoms with E-state index in [9.17, 15) is 0 Å². The summed E-state index contributed by atoms with van der Waals surface area (Å²) in [5, 5.41) is 0.117. The van der Waals surface area contributed by atoms with Gasteiger partial charge in [0.25, 0.3) is 0 Å². The van der Waals surface area contributed by atoms with E-state index in [0.717, 1.165) is 0 Å². The van der Waals surface area contributed by atoms with E-state index in [1.54, 1.807) is 6.33 Å². The quantitative estimate of drug-likeness (QED) is 0.751. The number of rotatable bonds is 4. The monoisotopic (exact) mass is 421 g/mol. The number of hydrogen-bond donors (Lipinski definition) is 1. The lowest BCUT2D eigenvalue weighted by atomic mass is 10.1. The van der Waals surface area contributed by atoms with Gasteiger partial charge in [-0.3, -0.25) is 4.57 Å². The van der Waals surface area contributed by atoms with Crippen molar-refractivity contribution in [2.45, 2.75) is 83.1 Å². The van der Waals surface area contributed by atoms with Gasteiger partial charge in [0.1, 0.15) is 30.2 Å². The summed E-state index contributed by atoms with van der Waals surface area (Å²) in [5.41, 5.74) is 7.10. The lowest BCUT2D eigenvalue weighted by Crippen LogP contribution is -2.44. The molecule has 4 heterocycles. The Morgan fingerprint density at radius 1 is 1.17 bits per heavy atom. The molecule has 2 unspecified atom stereocenters. The van der Waals surface area contributed by atoms with Crippen molar-refractivity contribution in [1.29, 1.82) is 0 Å². The summed E-state index contributed by atoms with van der Waals surface area (Å²) >= 11 is 0. The molecule has 0 bridgehead atoms. The first-order valence-corrected chi connectivity index (χ1v) is 12.9. The number of imidazole rings is 1. The van der Waals surface area contributed by atoms with Crippen molar-refractivity contribution >= 4 is 25.3 Å². The number of anilines is 1. The summed E-state index contributed by atoms with van der Waals surface area (Å²) in [4.78, 5) is 12.7. The van der Waals surface area contributed by atoms with Crippen LogP contribution in [0.1, 0.15) is 40.8 Å². The van der Waals surface area contributed by atoms with Gasteiger partial charge >= 0.3 is 0 Å². The average molecular weight is 422 g/mol. The van der Waals surface area contributed by atoms with Crippen molar-refractivity contribution in [3.8, 4) is 0 Å². The second kappa shape index (κ2) is 6.71. The normalized spacial score (nSPS) is 29.5. The zero-order valence-corrected chi connectivity index (χ0v) is 19.2. The molecule has 2 aliphatic heterocycles. The van der Waals surface area contributed by atoms with E-state index in [1.807, 2.05) is 18.4 Å². The fourth-order valence-corrected chi connectivity index (χ4v) is 4.59. The molecule has 160 valence electrons. The predicted molar refractivity (Wildman–Crippen MR) is 111 cm³/mol. The summed E-state index contributed by atoms with van der Waals surface area (Å²) in [7, 11) is -1.92. The summed E-state index contributed by atoms with van der Waals surface area (Å²) in [6.07, 6.45) is 1.87. The largest absolute Gasteiger partial charge is 0.414 e. The van der Waals surface area contributed by atoms with Crippen molar-refractivity contribution in [2.75, 3.05) is 12.3 Å². The standard InChI is InChI=1S/C19H31N5O4Si/c1-18(2,3)29(6,7)25-8-11-13-14(28-19(4,5)27-13)17(26-11)24-10-23-12-15(20)21-9-22-16(12)24/h9-11,13-14,17H,8H2,1-7H3,(H2,20,21,22)/t11-,13?,14?,17-/m0/s1. The molecule has 0 aromatic carbocycles. The van der Waals surface area contributed by atoms with Crippen LogP contribution in [-0.2, 0) is 18.6 Å². The molecule has 0 aliphatic carbocycles. The fraction of sp³-hybridized carbons (Fsp3) is 0.737. The molecule has 9 nitrogen and oxygen atoms in total. The Kier molecular flexibility index (Phi) is 4.78. The van der Waals surface area contributed by atoms with E-state index < -0.39 is 20.3 Å². The topological polar surface area (TPSA) is 107 Å². The molecule has 2 fully saturated rings. The zero-order chi connectivity index (χ0) is 21.2. The zero-order valence-electron chi connectivity index (χ0n) is 18.2. The molecule has 2 saturated heterocycles. The highest BCUT2D eigenvalue weighted by Gasteiger charge is 2.56. The lowest BCUT2D eigenvalue weighted by molar-refractivity contribution is -0.199. The van der Waals surface area contributed by atoms with Gasteiger partial charge in [-0.05, 0) is 32.0 Å². The number of hydrogen-bond acceptors (Lipinski definition) is 8. The van der Waals surface area contributed by atoms with Crippen LogP contribution in [0.3, 0.4) is 0 Å². The van der Waals surface area contributed by atoms with Crippen LogP contribution in [0.2, 0.25) is 18.1 Å². The maximum Gasteiger partial charge on any atom is 0.192 e. The van der Waals surface area contributed by atoms with Gasteiger partial charge in [-0.1, -0.05) is 20.8 Å². The van der Waals surface area contributed by atoms with Crippen LogP contribution in [0.4, 0.5) is 5.82 Å². The molecule has 2 aromatic heterocycles. The van der Waals surface area contributed by atoms with Crippen LogP contribution in [0, 0.1) is 0 Å². The summed E-state index contributed by atoms with van der Waals surface area (Å²) < 4.78 is 27.1. The minimum atomic E-state index is -1.92. The van der Waals surface area contributed by atoms with E-state index in [4.69, 9.17) is 24.4 Å². The third-order valence-corrected chi connectivity index (χ3v) is 10.7. The Labute approximate surface area is 172 Å². The Bertz CT molecular complexity index is 910. The smallest absolute Gasteiger partial charge is 0.192 e. The van der Waals surface area contributed by atoms with Gasteiger partial charge in [0.15, 0.2) is 31.8 Å². The maximum absolute atomic E-state index is 6.43. The van der Waals surface area contributed by atoms with Crippen LogP contribution in [0.25, 0.3) is 11.2 Å². The maximum atomic E-state index is 6.43. The molecule has 4 atom stereocenters. The molecule has 2 aromatic rings. The van der Waals surface area contributed by atoms with Gasteiger partial charge in [0, 0.05) is 0 Å². The third-order valence-electron chi connectivity index (χ3n) is 6.20. The number of aromatic nitrogens is 4. The Hall–Kier alpha value is -1.59. The van der Waals surface area contributed by atoms with Crippen LogP contribution >= 0.6 is 0 Å². The molecule has 2 aliphatic rings. The van der Waals surface area contributed by atoms with E-state index >= 15 is 0 Å². The van der Waals surface area contributed by atoms with E-state index in [1.165, 1.54) is 6.33 Å². The number of nitrogens with zero attached hydrogens (tertiary/aromatic N) is 4. The lowest BCUT2D eigenvalue weighted by Gasteiger charge is -2.37. The molecule has 0 spiro atoms. The van der Waals surface area contributed by atoms with Crippen molar-refractivity contribution in [3.63, 3.8) is 0 Å². The van der Waals surface area contributed by atoms with Crippen molar-refractivity contribution < 1.29 is 18.6 Å². The first kappa shape index (κ1) is 20.7. The number of nitrogens with two attached hydrogens (primary N) is 1. The molecule has 10 heteroatoms. The average Bonchev–Trinajstić information content (AvgIpc) is 3.24. The molecule has 0 radical (unpaired) electrons. The Morgan fingerprint density at radius 2 is 1.86 bits per heavy atom. The SMILES string of the molecule is CC1(C)OC2C(O1)[C@@H](n1cnc3c(N)ncnc31)O[C@H]2CO[Si](C)(C)C(C)(C)C. The van der Waals surface area contributed by atoms with Crippen molar-refractivity contribution in [3.05, 3.63) is 12.7 Å². The van der Waals surface area contributed by atoms with E-state index in [2.05, 4.69) is 48.8 Å². The molecule has 0 saturated carbocycles. The van der Waals surface area contributed by atoms with Gasteiger partial charge in [-0.15, -0.1) is 0 Å². The van der Waals surface area contributed by atoms with Crippen LogP contribution in [0.5, 0.6) is 0 Å². The Balaban J connectivity index is 1.62. The second-order valence-corrected chi connectivity index (χ2v) is 14.6. The molecule has 2 N–H and O–H groups in total. The van der Waals surface area contributed by atoms with Gasteiger partial charge in [-0.25, -0.2) is 15.0 Å². The minimum absolute atomic E-state index is 0.117. The van der Waals surface area contributed by atoms with Crippen LogP contribution in [-0.4, -0.2) is 58.5 Å². The van der Waals surface area contributed by atoms with Crippen molar-refractivity contribution in [1.82, 2.24) is 19.5 Å². The number of fused-ring (bicyclic) bond motifs is 2. The molecule has 29 heavy (non-hydrogen) atoms. The van der Waals surface area contributed by atoms with Gasteiger partial charge < -0.3 is 24.4 Å². The van der Waals surface area contributed by atoms with Gasteiger partial charge in [-0.2, -0.15) is 0 Å². The molecular weight excluding hydrogens is 390 g/mol. The molecule has 0 amide bonds. The van der Waals surface area contributed by atoms with E-state index in [0.29, 0.717) is 23.6 Å². The highest BCUT2D eigenvalue weighted by molar-refractivity contribution is 6.74. The van der Waals surface area contributed by atoms with Crippen LogP contribution < -0.4 is 5.73 Å². The first-order valence-electron chi connectivity index (χ1n) is 9.98. The van der Waals surface area contributed by atoms with Crippen molar-refractivity contribution in [2.24, 2.45) is 0 Å². The summed E-state index contributed by atoms with van der Waals surface area (Å²) in [5.74, 6) is -0.359. The van der Waals surface area contributed by atoms with Gasteiger partial charge in [0.05, 0.1) is 12.9 Å². The molecule has 4 rings (SSSR count). The van der Waals surface area contributed by atoms with E-state index in [-0.39, 0.29) is 23.4 Å². The summed E-state index contributed by atoms with van der Waals surface area (Å²) in [6.45, 7) is 15.4.